The van der Waals surface area contributed by atoms with Crippen molar-refractivity contribution < 1.29 is 13.7 Å². The summed E-state index contributed by atoms with van der Waals surface area (Å²) in [5, 5.41) is 8.24. The Morgan fingerprint density at radius 3 is 2.59 bits per heavy atom. The minimum Gasteiger partial charge on any atom is -0.379 e. The molecule has 0 radical (unpaired) electrons. The molecule has 0 amide bonds. The molecular weight excluding hydrogens is 369 g/mol. The van der Waals surface area contributed by atoms with Crippen LogP contribution < -0.4 is 5.32 Å². The molecule has 0 bridgehead atoms. The van der Waals surface area contributed by atoms with Gasteiger partial charge in [-0.05, 0) is 54.8 Å². The highest BCUT2D eigenvalue weighted by Gasteiger charge is 2.35. The Hall–Kier alpha value is -2.28. The van der Waals surface area contributed by atoms with Crippen LogP contribution in [0.2, 0.25) is 5.02 Å². The molecule has 2 heterocycles. The van der Waals surface area contributed by atoms with Crippen LogP contribution in [0.4, 0.5) is 4.39 Å². The fourth-order valence-electron chi connectivity index (χ4n) is 3.25. The molecule has 1 aliphatic rings. The monoisotopic (exact) mass is 387 g/mol. The lowest BCUT2D eigenvalue weighted by molar-refractivity contribution is 0.163. The van der Waals surface area contributed by atoms with Crippen LogP contribution in [0.15, 0.2) is 53.1 Å². The zero-order valence-electron chi connectivity index (χ0n) is 14.6. The van der Waals surface area contributed by atoms with Gasteiger partial charge in [0.1, 0.15) is 5.82 Å². The molecule has 3 aromatic rings. The molecule has 0 aliphatic carbocycles. The van der Waals surface area contributed by atoms with Crippen LogP contribution in [-0.2, 0) is 17.7 Å². The number of halogens is 2. The molecule has 5 nitrogen and oxygen atoms in total. The largest absolute Gasteiger partial charge is 0.379 e. The number of rotatable bonds is 6. The van der Waals surface area contributed by atoms with Gasteiger partial charge in [0.05, 0.1) is 13.2 Å². The van der Waals surface area contributed by atoms with Crippen molar-refractivity contribution in [2.75, 3.05) is 13.2 Å². The minimum atomic E-state index is -0.297. The highest BCUT2D eigenvalue weighted by Crippen LogP contribution is 2.25. The predicted octanol–water partition coefficient (Wildman–Crippen LogP) is 4.02. The summed E-state index contributed by atoms with van der Waals surface area (Å²) < 4.78 is 24.0. The summed E-state index contributed by atoms with van der Waals surface area (Å²) in [4.78, 5) is 4.40. The van der Waals surface area contributed by atoms with E-state index in [1.807, 2.05) is 24.3 Å². The van der Waals surface area contributed by atoms with Crippen molar-refractivity contribution in [2.24, 2.45) is 0 Å². The van der Waals surface area contributed by atoms with Gasteiger partial charge in [-0.3, -0.25) is 0 Å². The van der Waals surface area contributed by atoms with E-state index in [-0.39, 0.29) is 11.4 Å². The lowest BCUT2D eigenvalue weighted by Gasteiger charge is -2.28. The smallest absolute Gasteiger partial charge is 0.240 e. The lowest BCUT2D eigenvalue weighted by atomic mass is 9.90. The van der Waals surface area contributed by atoms with Crippen LogP contribution >= 0.6 is 11.6 Å². The van der Waals surface area contributed by atoms with Gasteiger partial charge in [0, 0.05) is 22.7 Å². The third kappa shape index (κ3) is 4.35. The van der Waals surface area contributed by atoms with Gasteiger partial charge in [-0.2, -0.15) is 4.98 Å². The second-order valence-corrected chi connectivity index (χ2v) is 7.19. The van der Waals surface area contributed by atoms with Crippen molar-refractivity contribution in [1.29, 1.82) is 0 Å². The number of hydrogen-bond donors (Lipinski definition) is 1. The first-order valence-corrected chi connectivity index (χ1v) is 9.15. The Balaban J connectivity index is 1.44. The number of benzene rings is 2. The number of aromatic nitrogens is 2. The molecule has 4 rings (SSSR count). The first-order chi connectivity index (χ1) is 13.1. The summed E-state index contributed by atoms with van der Waals surface area (Å²) in [6, 6.07) is 13.9. The van der Waals surface area contributed by atoms with Crippen molar-refractivity contribution in [3.63, 3.8) is 0 Å². The quantitative estimate of drug-likeness (QED) is 0.692. The molecule has 1 saturated heterocycles. The molecule has 1 N–H and O–H groups in total. The molecule has 1 fully saturated rings. The van der Waals surface area contributed by atoms with Crippen LogP contribution in [0.1, 0.15) is 17.9 Å². The molecule has 1 aromatic heterocycles. The highest BCUT2D eigenvalue weighted by molar-refractivity contribution is 6.30. The first-order valence-electron chi connectivity index (χ1n) is 8.78. The number of nitrogens with zero attached hydrogens (tertiary/aromatic N) is 2. The summed E-state index contributed by atoms with van der Waals surface area (Å²) in [7, 11) is 0. The predicted molar refractivity (Wildman–Crippen MR) is 99.9 cm³/mol. The summed E-state index contributed by atoms with van der Waals surface area (Å²) in [6.07, 6.45) is 1.72. The van der Waals surface area contributed by atoms with Gasteiger partial charge < -0.3 is 14.6 Å². The molecule has 0 saturated carbocycles. The van der Waals surface area contributed by atoms with E-state index in [9.17, 15) is 4.39 Å². The van der Waals surface area contributed by atoms with E-state index < -0.39 is 0 Å². The van der Waals surface area contributed by atoms with Crippen molar-refractivity contribution in [3.8, 4) is 11.4 Å². The lowest BCUT2D eigenvalue weighted by Crippen LogP contribution is -2.47. The van der Waals surface area contributed by atoms with Crippen molar-refractivity contribution in [3.05, 3.63) is 70.8 Å². The van der Waals surface area contributed by atoms with Gasteiger partial charge in [-0.25, -0.2) is 4.39 Å². The Morgan fingerprint density at radius 2 is 1.89 bits per heavy atom. The maximum Gasteiger partial charge on any atom is 0.240 e. The van der Waals surface area contributed by atoms with Crippen molar-refractivity contribution in [2.45, 2.75) is 24.9 Å². The van der Waals surface area contributed by atoms with Crippen LogP contribution in [0, 0.1) is 5.82 Å². The second-order valence-electron chi connectivity index (χ2n) is 6.76. The fourth-order valence-corrected chi connectivity index (χ4v) is 3.37. The second kappa shape index (κ2) is 7.76. The number of nitrogens with one attached hydrogen (secondary N) is 1. The zero-order valence-corrected chi connectivity index (χ0v) is 15.4. The normalized spacial score (nSPS) is 19.5. The molecule has 0 spiro atoms. The third-order valence-corrected chi connectivity index (χ3v) is 5.00. The van der Waals surface area contributed by atoms with E-state index >= 15 is 0 Å². The topological polar surface area (TPSA) is 60.2 Å². The van der Waals surface area contributed by atoms with Crippen LogP contribution in [-0.4, -0.2) is 28.9 Å². The molecule has 2 aromatic carbocycles. The van der Waals surface area contributed by atoms with Crippen LogP contribution in [0.3, 0.4) is 0 Å². The standard InChI is InChI=1S/C20H19ClFN3O2/c21-16-5-1-14(2-6-16)11-20(9-10-26-13-20)23-12-18-24-19(25-27-18)15-3-7-17(22)8-4-15/h1-8,23H,9-13H2. The Kier molecular flexibility index (Phi) is 5.20. The average molecular weight is 388 g/mol. The van der Waals surface area contributed by atoms with E-state index in [1.165, 1.54) is 17.7 Å². The molecule has 27 heavy (non-hydrogen) atoms. The van der Waals surface area contributed by atoms with E-state index in [4.69, 9.17) is 20.9 Å². The average Bonchev–Trinajstić information content (AvgIpc) is 3.33. The molecular formula is C20H19ClFN3O2. The van der Waals surface area contributed by atoms with Gasteiger partial charge in [-0.15, -0.1) is 0 Å². The maximum atomic E-state index is 13.1. The summed E-state index contributed by atoms with van der Waals surface area (Å²) in [6.45, 7) is 1.77. The van der Waals surface area contributed by atoms with Crippen LogP contribution in [0.5, 0.6) is 0 Å². The fraction of sp³-hybridized carbons (Fsp3) is 0.300. The minimum absolute atomic E-state index is 0.182. The summed E-state index contributed by atoms with van der Waals surface area (Å²) in [5.41, 5.74) is 1.72. The molecule has 1 unspecified atom stereocenters. The summed E-state index contributed by atoms with van der Waals surface area (Å²) in [5.74, 6) is 0.632. The number of hydrogen-bond acceptors (Lipinski definition) is 5. The third-order valence-electron chi connectivity index (χ3n) is 4.74. The molecule has 140 valence electrons. The zero-order chi connectivity index (χ0) is 18.7. The van der Waals surface area contributed by atoms with E-state index in [0.29, 0.717) is 37.0 Å². The van der Waals surface area contributed by atoms with Crippen LogP contribution in [0.25, 0.3) is 11.4 Å². The molecule has 1 aliphatic heterocycles. The summed E-state index contributed by atoms with van der Waals surface area (Å²) >= 11 is 5.98. The molecule has 1 atom stereocenters. The van der Waals surface area contributed by atoms with Gasteiger partial charge in [-0.1, -0.05) is 28.9 Å². The Morgan fingerprint density at radius 1 is 1.11 bits per heavy atom. The van der Waals surface area contributed by atoms with Crippen molar-refractivity contribution in [1.82, 2.24) is 15.5 Å². The van der Waals surface area contributed by atoms with E-state index in [0.717, 1.165) is 17.9 Å². The SMILES string of the molecule is Fc1ccc(-c2noc(CNC3(Cc4ccc(Cl)cc4)CCOC3)n2)cc1. The first kappa shape index (κ1) is 18.1. The van der Waals surface area contributed by atoms with Gasteiger partial charge in [0.25, 0.3) is 0 Å². The van der Waals surface area contributed by atoms with Gasteiger partial charge >= 0.3 is 0 Å². The number of ether oxygens (including phenoxy) is 1. The maximum absolute atomic E-state index is 13.1. The Bertz CT molecular complexity index is 890. The molecule has 7 heteroatoms. The Labute approximate surface area is 161 Å². The van der Waals surface area contributed by atoms with E-state index in [2.05, 4.69) is 15.5 Å². The van der Waals surface area contributed by atoms with Gasteiger partial charge in [0.2, 0.25) is 11.7 Å². The van der Waals surface area contributed by atoms with Crippen molar-refractivity contribution >= 4 is 11.6 Å². The van der Waals surface area contributed by atoms with Gasteiger partial charge in [0.15, 0.2) is 0 Å². The van der Waals surface area contributed by atoms with E-state index in [1.54, 1.807) is 12.1 Å². The highest BCUT2D eigenvalue weighted by atomic mass is 35.5.